The Balaban J connectivity index is 2.55. The molecular weight excluding hydrogens is 602 g/mol. The smallest absolute Gasteiger partial charge is 0.408 e. The highest BCUT2D eigenvalue weighted by Crippen LogP contribution is 2.28. The third kappa shape index (κ3) is 13.9. The topological polar surface area (TPSA) is 154 Å². The minimum atomic E-state index is -1.14. The first-order valence-electron chi connectivity index (χ1n) is 16.6. The lowest BCUT2D eigenvalue weighted by atomic mass is 9.98. The van der Waals surface area contributed by atoms with Crippen molar-refractivity contribution >= 4 is 23.9 Å². The van der Waals surface area contributed by atoms with E-state index in [2.05, 4.69) is 17.6 Å². The van der Waals surface area contributed by atoms with Crippen molar-refractivity contribution < 1.29 is 38.9 Å². The molecule has 11 heteroatoms. The van der Waals surface area contributed by atoms with E-state index >= 15 is 0 Å². The minimum absolute atomic E-state index is 0.00260. The highest BCUT2D eigenvalue weighted by molar-refractivity contribution is 5.92. The van der Waals surface area contributed by atoms with Crippen molar-refractivity contribution in [3.8, 4) is 11.5 Å². The average molecular weight is 656 g/mol. The minimum Gasteiger partial charge on any atom is -0.508 e. The lowest BCUT2D eigenvalue weighted by Crippen LogP contribution is -2.54. The molecule has 0 spiro atoms. The summed E-state index contributed by atoms with van der Waals surface area (Å²) in [5.74, 6) is -1.38. The fourth-order valence-corrected chi connectivity index (χ4v) is 5.09. The zero-order valence-corrected chi connectivity index (χ0v) is 28.8. The number of carbonyl (C=O) groups excluding carboxylic acids is 4. The number of esters is 1. The molecular formula is C36H53N3O8. The molecule has 0 saturated carbocycles. The van der Waals surface area contributed by atoms with Gasteiger partial charge in [-0.3, -0.25) is 14.4 Å². The summed E-state index contributed by atoms with van der Waals surface area (Å²) in [6, 6.07) is 8.78. The van der Waals surface area contributed by atoms with E-state index in [0.29, 0.717) is 23.1 Å². The number of ether oxygens (including phenoxy) is 2. The number of hydrogen-bond donors (Lipinski definition) is 4. The van der Waals surface area contributed by atoms with E-state index in [1.165, 1.54) is 23.1 Å². The highest BCUT2D eigenvalue weighted by atomic mass is 16.6. The van der Waals surface area contributed by atoms with Crippen LogP contribution >= 0.6 is 0 Å². The van der Waals surface area contributed by atoms with E-state index in [-0.39, 0.29) is 44.0 Å². The highest BCUT2D eigenvalue weighted by Gasteiger charge is 2.36. The third-order valence-electron chi connectivity index (χ3n) is 7.43. The van der Waals surface area contributed by atoms with Gasteiger partial charge in [0.25, 0.3) is 0 Å². The molecule has 2 aromatic rings. The number of amides is 3. The quantitative estimate of drug-likeness (QED) is 0.115. The van der Waals surface area contributed by atoms with Gasteiger partial charge in [-0.2, -0.15) is 0 Å². The Hall–Kier alpha value is -4.28. The Morgan fingerprint density at radius 2 is 1.57 bits per heavy atom. The Kier molecular flexibility index (Phi) is 16.1. The van der Waals surface area contributed by atoms with Gasteiger partial charge in [-0.05, 0) is 82.0 Å². The van der Waals surface area contributed by atoms with Crippen LogP contribution in [0.4, 0.5) is 4.79 Å². The van der Waals surface area contributed by atoms with Crippen LogP contribution < -0.4 is 10.6 Å². The Bertz CT molecular complexity index is 1310. The summed E-state index contributed by atoms with van der Waals surface area (Å²) in [7, 11) is 0. The Morgan fingerprint density at radius 1 is 0.915 bits per heavy atom. The van der Waals surface area contributed by atoms with Crippen LogP contribution in [-0.2, 0) is 30.3 Å². The largest absolute Gasteiger partial charge is 0.508 e. The maximum Gasteiger partial charge on any atom is 0.408 e. The summed E-state index contributed by atoms with van der Waals surface area (Å²) in [4.78, 5) is 55.1. The number of nitrogens with one attached hydrogen (secondary N) is 2. The van der Waals surface area contributed by atoms with Crippen LogP contribution in [0.25, 0.3) is 0 Å². The standard InChI is InChI=1S/C36H53N3O8/c1-7-9-10-11-12-13-22-39(32(27-16-19-30(41)25(3)23-27)33(43)37-21-20-31(42)46-8-2)34(44)29(38-35(45)47-36(4,5)6)24-26-14-17-28(40)18-15-26/h14-19,23,29,32,40-41H,7-13,20-22,24H2,1-6H3,(H,37,43)(H,38,45). The molecule has 47 heavy (non-hydrogen) atoms. The average Bonchev–Trinajstić information content (AvgIpc) is 2.99. The number of aromatic hydroxyl groups is 2. The van der Waals surface area contributed by atoms with Crippen molar-refractivity contribution in [2.75, 3.05) is 19.7 Å². The van der Waals surface area contributed by atoms with Gasteiger partial charge in [-0.15, -0.1) is 0 Å². The summed E-state index contributed by atoms with van der Waals surface area (Å²) in [5.41, 5.74) is 0.840. The van der Waals surface area contributed by atoms with E-state index in [1.807, 2.05) is 0 Å². The first-order chi connectivity index (χ1) is 22.2. The monoisotopic (exact) mass is 655 g/mol. The predicted molar refractivity (Wildman–Crippen MR) is 180 cm³/mol. The van der Waals surface area contributed by atoms with E-state index in [9.17, 15) is 29.4 Å². The van der Waals surface area contributed by atoms with Gasteiger partial charge < -0.3 is 35.2 Å². The molecule has 0 aliphatic carbocycles. The van der Waals surface area contributed by atoms with Crippen molar-refractivity contribution in [2.45, 2.75) is 111 Å². The van der Waals surface area contributed by atoms with Crippen molar-refractivity contribution in [3.63, 3.8) is 0 Å². The zero-order valence-electron chi connectivity index (χ0n) is 28.8. The van der Waals surface area contributed by atoms with Crippen LogP contribution in [0, 0.1) is 6.92 Å². The summed E-state index contributed by atoms with van der Waals surface area (Å²) in [6.45, 7) is 11.1. The molecule has 2 atom stereocenters. The number of rotatable bonds is 18. The number of nitrogens with zero attached hydrogens (tertiary/aromatic N) is 1. The first-order valence-corrected chi connectivity index (χ1v) is 16.6. The van der Waals surface area contributed by atoms with Crippen LogP contribution in [-0.4, -0.2) is 70.3 Å². The fourth-order valence-electron chi connectivity index (χ4n) is 5.09. The van der Waals surface area contributed by atoms with Gasteiger partial charge in [0.1, 0.15) is 29.2 Å². The van der Waals surface area contributed by atoms with Gasteiger partial charge in [0.05, 0.1) is 13.0 Å². The second kappa shape index (κ2) is 19.4. The second-order valence-electron chi connectivity index (χ2n) is 12.7. The third-order valence-corrected chi connectivity index (χ3v) is 7.43. The van der Waals surface area contributed by atoms with Crippen LogP contribution in [0.3, 0.4) is 0 Å². The van der Waals surface area contributed by atoms with Gasteiger partial charge in [-0.25, -0.2) is 4.79 Å². The molecule has 0 heterocycles. The fraction of sp³-hybridized carbons (Fsp3) is 0.556. The Morgan fingerprint density at radius 3 is 2.19 bits per heavy atom. The van der Waals surface area contributed by atoms with Gasteiger partial charge in [0.2, 0.25) is 11.8 Å². The summed E-state index contributed by atoms with van der Waals surface area (Å²) < 4.78 is 10.5. The normalized spacial score (nSPS) is 12.5. The van der Waals surface area contributed by atoms with Crippen molar-refractivity contribution in [2.24, 2.45) is 0 Å². The maximum atomic E-state index is 14.6. The van der Waals surface area contributed by atoms with Crippen molar-refractivity contribution in [1.29, 1.82) is 0 Å². The molecule has 0 radical (unpaired) electrons. The molecule has 0 aliphatic heterocycles. The van der Waals surface area contributed by atoms with Gasteiger partial charge in [0, 0.05) is 19.5 Å². The number of phenolic OH excluding ortho intramolecular Hbond substituents is 2. The summed E-state index contributed by atoms with van der Waals surface area (Å²) in [6.07, 6.45) is 4.90. The molecule has 2 unspecified atom stereocenters. The van der Waals surface area contributed by atoms with E-state index in [1.54, 1.807) is 58.9 Å². The van der Waals surface area contributed by atoms with Crippen molar-refractivity contribution in [3.05, 3.63) is 59.2 Å². The zero-order chi connectivity index (χ0) is 35.0. The van der Waals surface area contributed by atoms with Crippen LogP contribution in [0.15, 0.2) is 42.5 Å². The number of unbranched alkanes of at least 4 members (excludes halogenated alkanes) is 5. The van der Waals surface area contributed by atoms with Gasteiger partial charge in [0.15, 0.2) is 0 Å². The van der Waals surface area contributed by atoms with Crippen LogP contribution in [0.5, 0.6) is 11.5 Å². The summed E-state index contributed by atoms with van der Waals surface area (Å²) in [5, 5.41) is 25.6. The Labute approximate surface area is 279 Å². The molecule has 2 aromatic carbocycles. The lowest BCUT2D eigenvalue weighted by molar-refractivity contribution is -0.144. The molecule has 11 nitrogen and oxygen atoms in total. The first kappa shape index (κ1) is 38.9. The molecule has 0 bridgehead atoms. The number of hydrogen-bond acceptors (Lipinski definition) is 8. The predicted octanol–water partition coefficient (Wildman–Crippen LogP) is 5.84. The molecule has 0 aromatic heterocycles. The number of alkyl carbamates (subject to hydrolysis) is 1. The number of aryl methyl sites for hydroxylation is 1. The molecule has 0 saturated heterocycles. The van der Waals surface area contributed by atoms with Crippen LogP contribution in [0.1, 0.15) is 102 Å². The maximum absolute atomic E-state index is 14.6. The number of phenols is 2. The van der Waals surface area contributed by atoms with Gasteiger partial charge >= 0.3 is 12.1 Å². The molecule has 2 rings (SSSR count). The van der Waals surface area contributed by atoms with Crippen LogP contribution in [0.2, 0.25) is 0 Å². The molecule has 0 fully saturated rings. The number of carbonyl (C=O) groups is 4. The van der Waals surface area contributed by atoms with E-state index in [4.69, 9.17) is 9.47 Å². The molecule has 0 aliphatic rings. The second-order valence-corrected chi connectivity index (χ2v) is 12.7. The lowest BCUT2D eigenvalue weighted by Gasteiger charge is -2.35. The van der Waals surface area contributed by atoms with Gasteiger partial charge in [-0.1, -0.05) is 57.2 Å². The number of benzene rings is 2. The van der Waals surface area contributed by atoms with E-state index in [0.717, 1.165) is 32.1 Å². The van der Waals surface area contributed by atoms with Crippen molar-refractivity contribution in [1.82, 2.24) is 15.5 Å². The molecule has 260 valence electrons. The summed E-state index contributed by atoms with van der Waals surface area (Å²) >= 11 is 0. The molecule has 3 amide bonds. The SMILES string of the molecule is CCCCCCCCN(C(=O)C(Cc1ccc(O)cc1)NC(=O)OC(C)(C)C)C(C(=O)NCCC(=O)OCC)c1ccc(O)c(C)c1. The molecule has 4 N–H and O–H groups in total. The van der Waals surface area contributed by atoms with E-state index < -0.39 is 41.6 Å².